The summed E-state index contributed by atoms with van der Waals surface area (Å²) in [6.07, 6.45) is 1.91. The molecule has 0 fully saturated rings. The Bertz CT molecular complexity index is 498. The van der Waals surface area contributed by atoms with Crippen molar-refractivity contribution in [2.75, 3.05) is 32.1 Å². The van der Waals surface area contributed by atoms with Crippen molar-refractivity contribution in [2.45, 2.75) is 4.90 Å². The molecule has 0 aliphatic carbocycles. The summed E-state index contributed by atoms with van der Waals surface area (Å²) in [5, 5.41) is 0. The number of anilines is 2. The number of hydrogen-bond acceptors (Lipinski definition) is 5. The van der Waals surface area contributed by atoms with Crippen LogP contribution in [0.1, 0.15) is 0 Å². The predicted molar refractivity (Wildman–Crippen MR) is 71.1 cm³/mol. The van der Waals surface area contributed by atoms with Gasteiger partial charge in [-0.15, -0.1) is 0 Å². The standard InChI is InChI=1S/C6H8N2O3S.C5H11N/c7-4-1-2-6(5(8)3-4)12(9,10)11;1-4-5-6(2)3/h1-3H,7-8H2,(H,9,10,11);4H,1,5H2,2-3H3. The molecule has 0 aliphatic rings. The van der Waals surface area contributed by atoms with Crippen molar-refractivity contribution in [3.63, 3.8) is 0 Å². The monoisotopic (exact) mass is 273 g/mol. The van der Waals surface area contributed by atoms with Crippen molar-refractivity contribution in [1.29, 1.82) is 0 Å². The zero-order valence-corrected chi connectivity index (χ0v) is 11.3. The van der Waals surface area contributed by atoms with Gasteiger partial charge in [-0.1, -0.05) is 6.58 Å². The molecular weight excluding hydrogens is 254 g/mol. The molecule has 6 nitrogen and oxygen atoms in total. The van der Waals surface area contributed by atoms with Crippen LogP contribution in [0.25, 0.3) is 0 Å². The van der Waals surface area contributed by atoms with Crippen LogP contribution in [0.3, 0.4) is 0 Å². The summed E-state index contributed by atoms with van der Waals surface area (Å²) in [5.74, 6) is 0. The second-order valence-electron chi connectivity index (χ2n) is 3.95. The first-order chi connectivity index (χ1) is 8.18. The summed E-state index contributed by atoms with van der Waals surface area (Å²) in [4.78, 5) is 0.988. The lowest BCUT2D eigenvalue weighted by Gasteiger charge is -2.09. The highest BCUT2D eigenvalue weighted by Gasteiger charge is 2.05. The van der Waals surface area contributed by atoms with Crippen molar-refractivity contribution in [3.05, 3.63) is 30.9 Å². The number of benzene rings is 1. The lowest BCUT2D eigenvalue weighted by molar-refractivity contribution is -0.851. The summed E-state index contributed by atoms with van der Waals surface area (Å²) in [6, 6.07) is 3.62. The number of nitrogens with one attached hydrogen (secondary N) is 1. The van der Waals surface area contributed by atoms with Crippen molar-refractivity contribution in [3.8, 4) is 0 Å². The largest absolute Gasteiger partial charge is 0.744 e. The van der Waals surface area contributed by atoms with Gasteiger partial charge in [0.1, 0.15) is 10.1 Å². The molecule has 0 bridgehead atoms. The molecule has 0 spiro atoms. The number of nitrogens with two attached hydrogens (primary N) is 2. The average Bonchev–Trinajstić information content (AvgIpc) is 2.15. The van der Waals surface area contributed by atoms with E-state index in [4.69, 9.17) is 11.5 Å². The molecule has 1 rings (SSSR count). The van der Waals surface area contributed by atoms with Crippen molar-refractivity contribution >= 4 is 21.5 Å². The number of likely N-dealkylation sites (N-methyl/N-ethyl adjacent to an activating group) is 1. The molecule has 0 saturated heterocycles. The van der Waals surface area contributed by atoms with Gasteiger partial charge in [-0.25, -0.2) is 8.42 Å². The van der Waals surface area contributed by atoms with E-state index < -0.39 is 15.0 Å². The van der Waals surface area contributed by atoms with E-state index >= 15 is 0 Å². The molecule has 0 aromatic heterocycles. The van der Waals surface area contributed by atoms with Gasteiger partial charge in [-0.3, -0.25) is 0 Å². The van der Waals surface area contributed by atoms with Crippen LogP contribution in [-0.4, -0.2) is 33.6 Å². The number of hydrogen-bond donors (Lipinski definition) is 3. The normalized spacial score (nSPS) is 10.7. The fourth-order valence-corrected chi connectivity index (χ4v) is 1.67. The molecule has 0 heterocycles. The van der Waals surface area contributed by atoms with Crippen LogP contribution in [-0.2, 0) is 10.1 Å². The summed E-state index contributed by atoms with van der Waals surface area (Å²) >= 11 is 0. The first kappa shape index (κ1) is 16.4. The molecule has 0 amide bonds. The highest BCUT2D eigenvalue weighted by atomic mass is 32.2. The Balaban J connectivity index is 0.000000411. The van der Waals surface area contributed by atoms with Crippen LogP contribution in [0.4, 0.5) is 11.4 Å². The van der Waals surface area contributed by atoms with Crippen LogP contribution >= 0.6 is 0 Å². The minimum Gasteiger partial charge on any atom is -0.744 e. The predicted octanol–water partition coefficient (Wildman–Crippen LogP) is -0.928. The highest BCUT2D eigenvalue weighted by Crippen LogP contribution is 2.19. The van der Waals surface area contributed by atoms with Gasteiger partial charge in [0.2, 0.25) is 0 Å². The van der Waals surface area contributed by atoms with E-state index in [2.05, 4.69) is 20.7 Å². The zero-order chi connectivity index (χ0) is 14.3. The molecule has 0 unspecified atom stereocenters. The molecule has 5 N–H and O–H groups in total. The van der Waals surface area contributed by atoms with Gasteiger partial charge >= 0.3 is 0 Å². The van der Waals surface area contributed by atoms with E-state index in [1.165, 1.54) is 17.0 Å². The molecule has 1 aromatic rings. The summed E-state index contributed by atoms with van der Waals surface area (Å²) < 4.78 is 31.5. The van der Waals surface area contributed by atoms with E-state index in [0.717, 1.165) is 12.6 Å². The first-order valence-corrected chi connectivity index (χ1v) is 6.60. The fourth-order valence-electron chi connectivity index (χ4n) is 1.08. The Labute approximate surface area is 108 Å². The van der Waals surface area contributed by atoms with Crippen molar-refractivity contribution in [2.24, 2.45) is 0 Å². The van der Waals surface area contributed by atoms with Crippen LogP contribution in [0, 0.1) is 0 Å². The van der Waals surface area contributed by atoms with Gasteiger partial charge in [-0.2, -0.15) is 0 Å². The zero-order valence-electron chi connectivity index (χ0n) is 10.5. The number of rotatable bonds is 3. The van der Waals surface area contributed by atoms with Gasteiger partial charge in [0, 0.05) is 5.69 Å². The SMILES string of the molecule is C=CC[NH+](C)C.Nc1ccc(S(=O)(=O)[O-])c(N)c1. The summed E-state index contributed by atoms with van der Waals surface area (Å²) in [6.45, 7) is 4.64. The number of quaternary nitrogens is 1. The van der Waals surface area contributed by atoms with E-state index in [-0.39, 0.29) is 5.69 Å². The molecule has 0 aliphatic heterocycles. The first-order valence-electron chi connectivity index (χ1n) is 5.19. The van der Waals surface area contributed by atoms with Crippen LogP contribution in [0.2, 0.25) is 0 Å². The fraction of sp³-hybridized carbons (Fsp3) is 0.273. The maximum absolute atomic E-state index is 10.5. The van der Waals surface area contributed by atoms with E-state index in [1.54, 1.807) is 0 Å². The van der Waals surface area contributed by atoms with Crippen molar-refractivity contribution < 1.29 is 17.9 Å². The molecule has 0 atom stereocenters. The minimum atomic E-state index is -4.48. The maximum atomic E-state index is 10.5. The maximum Gasteiger partial charge on any atom is 0.126 e. The molecule has 7 heteroatoms. The van der Waals surface area contributed by atoms with E-state index in [1.807, 2.05) is 6.08 Å². The van der Waals surface area contributed by atoms with Gasteiger partial charge in [-0.05, 0) is 24.3 Å². The third kappa shape index (κ3) is 6.24. The van der Waals surface area contributed by atoms with Crippen LogP contribution in [0.15, 0.2) is 35.7 Å². The third-order valence-corrected chi connectivity index (χ3v) is 2.77. The summed E-state index contributed by atoms with van der Waals surface area (Å²) in [5.41, 5.74) is 10.7. The van der Waals surface area contributed by atoms with Crippen molar-refractivity contribution in [1.82, 2.24) is 0 Å². The second-order valence-corrected chi connectivity index (χ2v) is 5.30. The van der Waals surface area contributed by atoms with Crippen LogP contribution < -0.4 is 16.4 Å². The topological polar surface area (TPSA) is 114 Å². The van der Waals surface area contributed by atoms with Gasteiger partial charge in [0.15, 0.2) is 0 Å². The lowest BCUT2D eigenvalue weighted by Crippen LogP contribution is -3.05. The van der Waals surface area contributed by atoms with Gasteiger partial charge in [0.25, 0.3) is 0 Å². The lowest BCUT2D eigenvalue weighted by atomic mass is 10.3. The molecule has 102 valence electrons. The average molecular weight is 273 g/mol. The molecular formula is C11H19N3O3S. The Morgan fingerprint density at radius 2 is 1.94 bits per heavy atom. The van der Waals surface area contributed by atoms with Gasteiger partial charge in [0.05, 0.1) is 31.2 Å². The summed E-state index contributed by atoms with van der Waals surface area (Å²) in [7, 11) is -0.283. The highest BCUT2D eigenvalue weighted by molar-refractivity contribution is 7.86. The second kappa shape index (κ2) is 7.00. The van der Waals surface area contributed by atoms with Crippen LogP contribution in [0.5, 0.6) is 0 Å². The number of nitrogen functional groups attached to an aromatic ring is 2. The molecule has 18 heavy (non-hydrogen) atoms. The molecule has 0 saturated carbocycles. The Hall–Kier alpha value is -1.57. The van der Waals surface area contributed by atoms with Gasteiger partial charge < -0.3 is 20.9 Å². The Morgan fingerprint density at radius 1 is 1.39 bits per heavy atom. The molecule has 0 radical (unpaired) electrons. The smallest absolute Gasteiger partial charge is 0.126 e. The molecule has 1 aromatic carbocycles. The Kier molecular flexibility index (Phi) is 6.39. The van der Waals surface area contributed by atoms with E-state index in [9.17, 15) is 13.0 Å². The quantitative estimate of drug-likeness (QED) is 0.374. The van der Waals surface area contributed by atoms with E-state index in [0.29, 0.717) is 5.69 Å². The Morgan fingerprint density at radius 3 is 2.22 bits per heavy atom. The third-order valence-electron chi connectivity index (χ3n) is 1.86. The minimum absolute atomic E-state index is 0.120.